The molecule has 0 saturated carbocycles. The minimum absolute atomic E-state index is 0.136. The molecule has 2 aliphatic heterocycles. The van der Waals surface area contributed by atoms with Crippen LogP contribution in [-0.4, -0.2) is 49.4 Å². The molecule has 118 valence electrons. The van der Waals surface area contributed by atoms with Gasteiger partial charge in [-0.05, 0) is 36.1 Å². The minimum atomic E-state index is -0.136. The molecule has 2 N–H and O–H groups in total. The van der Waals surface area contributed by atoms with E-state index >= 15 is 0 Å². The normalized spacial score (nSPS) is 23.4. The zero-order chi connectivity index (χ0) is 15.5. The van der Waals surface area contributed by atoms with Crippen molar-refractivity contribution in [2.45, 2.75) is 6.42 Å². The second kappa shape index (κ2) is 6.79. The van der Waals surface area contributed by atoms with Gasteiger partial charge in [0.2, 0.25) is 5.91 Å². The number of rotatable bonds is 4. The van der Waals surface area contributed by atoms with Crippen molar-refractivity contribution in [1.29, 1.82) is 0 Å². The number of nitrogens with zero attached hydrogens (tertiary/aromatic N) is 1. The number of halogens is 1. The molecule has 0 radical (unpaired) electrons. The fourth-order valence-electron chi connectivity index (χ4n) is 3.20. The van der Waals surface area contributed by atoms with Crippen molar-refractivity contribution in [3.63, 3.8) is 0 Å². The number of likely N-dealkylation sites (tertiary alicyclic amines) is 1. The lowest BCUT2D eigenvalue weighted by atomic mass is 10.0. The van der Waals surface area contributed by atoms with Gasteiger partial charge in [0.1, 0.15) is 0 Å². The first-order valence-corrected chi connectivity index (χ1v) is 8.45. The van der Waals surface area contributed by atoms with E-state index < -0.39 is 0 Å². The predicted molar refractivity (Wildman–Crippen MR) is 87.5 cm³/mol. The lowest BCUT2D eigenvalue weighted by Crippen LogP contribution is -2.35. The largest absolute Gasteiger partial charge is 0.352 e. The first-order chi connectivity index (χ1) is 10.6. The van der Waals surface area contributed by atoms with Gasteiger partial charge in [0.25, 0.3) is 5.91 Å². The minimum Gasteiger partial charge on any atom is -0.352 e. The smallest absolute Gasteiger partial charge is 0.251 e. The molecule has 2 fully saturated rings. The van der Waals surface area contributed by atoms with Crippen molar-refractivity contribution >= 4 is 27.7 Å². The van der Waals surface area contributed by atoms with Gasteiger partial charge in [-0.25, -0.2) is 0 Å². The molecule has 0 bridgehead atoms. The van der Waals surface area contributed by atoms with E-state index in [2.05, 4.69) is 26.6 Å². The van der Waals surface area contributed by atoms with E-state index in [4.69, 9.17) is 0 Å². The second-order valence-corrected chi connectivity index (χ2v) is 6.91. The number of carbonyl (C=O) groups excluding carboxylic acids is 2. The molecule has 2 atom stereocenters. The molecular weight excluding hydrogens is 346 g/mol. The molecule has 0 aliphatic carbocycles. The van der Waals surface area contributed by atoms with Crippen molar-refractivity contribution in [2.75, 3.05) is 32.7 Å². The van der Waals surface area contributed by atoms with Crippen LogP contribution in [0.4, 0.5) is 0 Å². The second-order valence-electron chi connectivity index (χ2n) is 5.99. The summed E-state index contributed by atoms with van der Waals surface area (Å²) in [6, 6.07) is 7.18. The number of nitrogens with one attached hydrogen (secondary N) is 2. The molecular formula is C16H20BrN3O2. The Bertz CT molecular complexity index is 549. The summed E-state index contributed by atoms with van der Waals surface area (Å²) in [6.45, 7) is 4.15. The van der Waals surface area contributed by atoms with E-state index in [1.807, 2.05) is 17.0 Å². The Labute approximate surface area is 138 Å². The molecule has 22 heavy (non-hydrogen) atoms. The summed E-state index contributed by atoms with van der Waals surface area (Å²) in [7, 11) is 0. The van der Waals surface area contributed by atoms with Crippen LogP contribution in [0.15, 0.2) is 28.7 Å². The summed E-state index contributed by atoms with van der Waals surface area (Å²) in [5.74, 6) is 1.23. The molecule has 0 unspecified atom stereocenters. The van der Waals surface area contributed by atoms with Gasteiger partial charge in [0, 0.05) is 49.2 Å². The third-order valence-corrected chi connectivity index (χ3v) is 5.00. The van der Waals surface area contributed by atoms with Crippen LogP contribution in [0, 0.1) is 11.8 Å². The van der Waals surface area contributed by atoms with E-state index in [9.17, 15) is 9.59 Å². The van der Waals surface area contributed by atoms with Crippen LogP contribution in [0.1, 0.15) is 16.8 Å². The maximum absolute atomic E-state index is 12.2. The average Bonchev–Trinajstić information content (AvgIpc) is 3.09. The van der Waals surface area contributed by atoms with Gasteiger partial charge in [-0.1, -0.05) is 15.9 Å². The third kappa shape index (κ3) is 3.50. The van der Waals surface area contributed by atoms with Crippen LogP contribution in [0.25, 0.3) is 0 Å². The molecule has 0 aromatic heterocycles. The van der Waals surface area contributed by atoms with Crippen LogP contribution in [-0.2, 0) is 4.79 Å². The van der Waals surface area contributed by atoms with E-state index in [0.29, 0.717) is 30.4 Å². The van der Waals surface area contributed by atoms with Crippen molar-refractivity contribution in [3.8, 4) is 0 Å². The topological polar surface area (TPSA) is 61.4 Å². The van der Waals surface area contributed by atoms with Crippen LogP contribution >= 0.6 is 15.9 Å². The number of amides is 2. The number of hydrogen-bond donors (Lipinski definition) is 2. The van der Waals surface area contributed by atoms with Gasteiger partial charge in [0.05, 0.1) is 0 Å². The van der Waals surface area contributed by atoms with Crippen LogP contribution in [0.5, 0.6) is 0 Å². The quantitative estimate of drug-likeness (QED) is 0.843. The third-order valence-electron chi connectivity index (χ3n) is 4.47. The highest BCUT2D eigenvalue weighted by Crippen LogP contribution is 2.26. The monoisotopic (exact) mass is 365 g/mol. The molecule has 2 amide bonds. The van der Waals surface area contributed by atoms with Crippen molar-refractivity contribution in [3.05, 3.63) is 34.3 Å². The first kappa shape index (κ1) is 15.5. The highest BCUT2D eigenvalue weighted by Gasteiger charge is 2.37. The average molecular weight is 366 g/mol. The highest BCUT2D eigenvalue weighted by molar-refractivity contribution is 9.10. The summed E-state index contributed by atoms with van der Waals surface area (Å²) in [5, 5.41) is 6.17. The maximum atomic E-state index is 12.2. The van der Waals surface area contributed by atoms with E-state index in [1.165, 1.54) is 0 Å². The van der Waals surface area contributed by atoms with Gasteiger partial charge >= 0.3 is 0 Å². The molecule has 2 aliphatic rings. The van der Waals surface area contributed by atoms with Crippen molar-refractivity contribution in [1.82, 2.24) is 15.5 Å². The predicted octanol–water partition coefficient (Wildman–Crippen LogP) is 1.25. The SMILES string of the molecule is O=C(NCCC(=O)N1C[C@H]2CNC[C@H]2C1)c1ccc(Br)cc1. The van der Waals surface area contributed by atoms with E-state index in [0.717, 1.165) is 30.7 Å². The molecule has 5 nitrogen and oxygen atoms in total. The molecule has 6 heteroatoms. The zero-order valence-electron chi connectivity index (χ0n) is 12.3. The Kier molecular flexibility index (Phi) is 4.78. The highest BCUT2D eigenvalue weighted by atomic mass is 79.9. The van der Waals surface area contributed by atoms with Crippen LogP contribution in [0.2, 0.25) is 0 Å². The Morgan fingerprint density at radius 3 is 2.45 bits per heavy atom. The summed E-state index contributed by atoms with van der Waals surface area (Å²) >= 11 is 3.34. The Hall–Kier alpha value is -1.40. The van der Waals surface area contributed by atoms with Gasteiger partial charge in [0.15, 0.2) is 0 Å². The summed E-state index contributed by atoms with van der Waals surface area (Å²) in [4.78, 5) is 26.1. The molecule has 1 aromatic rings. The lowest BCUT2D eigenvalue weighted by Gasteiger charge is -2.17. The molecule has 0 spiro atoms. The van der Waals surface area contributed by atoms with Gasteiger partial charge in [-0.3, -0.25) is 9.59 Å². The van der Waals surface area contributed by atoms with Crippen LogP contribution in [0.3, 0.4) is 0 Å². The van der Waals surface area contributed by atoms with E-state index in [-0.39, 0.29) is 11.8 Å². The zero-order valence-corrected chi connectivity index (χ0v) is 13.9. The molecule has 1 aromatic carbocycles. The molecule has 2 heterocycles. The van der Waals surface area contributed by atoms with Crippen molar-refractivity contribution < 1.29 is 9.59 Å². The Balaban J connectivity index is 1.42. The Morgan fingerprint density at radius 2 is 1.82 bits per heavy atom. The molecule has 2 saturated heterocycles. The first-order valence-electron chi connectivity index (χ1n) is 7.66. The van der Waals surface area contributed by atoms with Crippen molar-refractivity contribution in [2.24, 2.45) is 11.8 Å². The Morgan fingerprint density at radius 1 is 1.18 bits per heavy atom. The number of fused-ring (bicyclic) bond motifs is 1. The number of hydrogen-bond acceptors (Lipinski definition) is 3. The number of benzene rings is 1. The summed E-state index contributed by atoms with van der Waals surface area (Å²) in [5.41, 5.74) is 0.609. The van der Waals surface area contributed by atoms with Gasteiger partial charge < -0.3 is 15.5 Å². The summed E-state index contributed by atoms with van der Waals surface area (Å²) in [6.07, 6.45) is 0.370. The van der Waals surface area contributed by atoms with Gasteiger partial charge in [-0.2, -0.15) is 0 Å². The fraction of sp³-hybridized carbons (Fsp3) is 0.500. The number of carbonyl (C=O) groups is 2. The lowest BCUT2D eigenvalue weighted by molar-refractivity contribution is -0.130. The summed E-state index contributed by atoms with van der Waals surface area (Å²) < 4.78 is 0.938. The van der Waals surface area contributed by atoms with Gasteiger partial charge in [-0.15, -0.1) is 0 Å². The van der Waals surface area contributed by atoms with E-state index in [1.54, 1.807) is 12.1 Å². The standard InChI is InChI=1S/C16H20BrN3O2/c17-14-3-1-11(2-4-14)16(22)19-6-5-15(21)20-9-12-7-18-8-13(12)10-20/h1-4,12-13,18H,5-10H2,(H,19,22)/t12-,13+. The fourth-order valence-corrected chi connectivity index (χ4v) is 3.47. The molecule has 3 rings (SSSR count). The maximum Gasteiger partial charge on any atom is 0.251 e. The van der Waals surface area contributed by atoms with Crippen LogP contribution < -0.4 is 10.6 Å².